The van der Waals surface area contributed by atoms with Crippen molar-refractivity contribution < 1.29 is 4.79 Å². The molecule has 1 unspecified atom stereocenters. The van der Waals surface area contributed by atoms with Crippen molar-refractivity contribution in [2.75, 3.05) is 13.6 Å². The Kier molecular flexibility index (Phi) is 4.54. The van der Waals surface area contributed by atoms with Crippen LogP contribution in [0.4, 0.5) is 0 Å². The summed E-state index contributed by atoms with van der Waals surface area (Å²) in [6.45, 7) is 2.87. The van der Waals surface area contributed by atoms with E-state index in [2.05, 4.69) is 11.8 Å². The van der Waals surface area contributed by atoms with E-state index >= 15 is 0 Å². The van der Waals surface area contributed by atoms with Crippen molar-refractivity contribution in [1.29, 1.82) is 0 Å². The number of nitrogens with two attached hydrogens (primary N) is 2. The van der Waals surface area contributed by atoms with Gasteiger partial charge in [0.05, 0.1) is 6.04 Å². The number of hydrogen-bond acceptors (Lipinski definition) is 3. The average molecular weight is 213 g/mol. The van der Waals surface area contributed by atoms with Crippen molar-refractivity contribution in [1.82, 2.24) is 4.90 Å². The van der Waals surface area contributed by atoms with Crippen LogP contribution in [0, 0.1) is 5.92 Å². The maximum absolute atomic E-state index is 10.8. The fourth-order valence-corrected chi connectivity index (χ4v) is 2.23. The number of carbonyl (C=O) groups is 1. The molecule has 0 heterocycles. The van der Waals surface area contributed by atoms with Gasteiger partial charge in [-0.1, -0.05) is 6.92 Å². The fourth-order valence-electron chi connectivity index (χ4n) is 2.23. The van der Waals surface area contributed by atoms with Gasteiger partial charge in [-0.2, -0.15) is 0 Å². The Bertz CT molecular complexity index is 212. The Balaban J connectivity index is 2.33. The van der Waals surface area contributed by atoms with E-state index in [-0.39, 0.29) is 0 Å². The van der Waals surface area contributed by atoms with Gasteiger partial charge >= 0.3 is 0 Å². The summed E-state index contributed by atoms with van der Waals surface area (Å²) in [6, 6.07) is 0.0425. The molecule has 0 spiro atoms. The smallest absolute Gasteiger partial charge is 0.235 e. The third-order valence-corrected chi connectivity index (χ3v) is 3.46. The normalized spacial score (nSPS) is 29.1. The van der Waals surface area contributed by atoms with Crippen LogP contribution in [-0.2, 0) is 4.79 Å². The van der Waals surface area contributed by atoms with E-state index in [1.807, 2.05) is 7.05 Å². The van der Waals surface area contributed by atoms with Crippen LogP contribution >= 0.6 is 0 Å². The number of hydrogen-bond donors (Lipinski definition) is 2. The zero-order valence-electron chi connectivity index (χ0n) is 9.78. The minimum absolute atomic E-state index is 0.411. The summed E-state index contributed by atoms with van der Waals surface area (Å²) in [5.74, 6) is 0.436. The Labute approximate surface area is 92.0 Å². The predicted octanol–water partition coefficient (Wildman–Crippen LogP) is 0.310. The average Bonchev–Trinajstić information content (AvgIpc) is 2.18. The molecule has 88 valence electrons. The Hall–Kier alpha value is -0.610. The maximum atomic E-state index is 10.8. The molecule has 0 bridgehead atoms. The van der Waals surface area contributed by atoms with E-state index in [4.69, 9.17) is 11.5 Å². The first-order valence-electron chi connectivity index (χ1n) is 5.76. The summed E-state index contributed by atoms with van der Waals surface area (Å²) < 4.78 is 0. The van der Waals surface area contributed by atoms with Crippen molar-refractivity contribution in [2.24, 2.45) is 17.4 Å². The Morgan fingerprint density at radius 3 is 2.40 bits per heavy atom. The van der Waals surface area contributed by atoms with Gasteiger partial charge in [0.2, 0.25) is 5.91 Å². The molecule has 0 radical (unpaired) electrons. The maximum Gasteiger partial charge on any atom is 0.235 e. The van der Waals surface area contributed by atoms with Gasteiger partial charge in [0.15, 0.2) is 0 Å². The molecular weight excluding hydrogens is 190 g/mol. The summed E-state index contributed by atoms with van der Waals surface area (Å²) >= 11 is 0. The van der Waals surface area contributed by atoms with E-state index in [1.54, 1.807) is 0 Å². The molecule has 0 saturated heterocycles. The molecule has 0 aromatic heterocycles. The van der Waals surface area contributed by atoms with Crippen molar-refractivity contribution in [3.05, 3.63) is 0 Å². The SMILES string of the molecule is CC1CCC(N(C)CC(N)C(N)=O)CC1. The van der Waals surface area contributed by atoms with Gasteiger partial charge in [0.25, 0.3) is 0 Å². The Morgan fingerprint density at radius 2 is 1.93 bits per heavy atom. The second-order valence-corrected chi connectivity index (χ2v) is 4.86. The molecule has 4 heteroatoms. The molecule has 1 atom stereocenters. The van der Waals surface area contributed by atoms with Crippen LogP contribution in [-0.4, -0.2) is 36.5 Å². The van der Waals surface area contributed by atoms with Crippen LogP contribution in [0.5, 0.6) is 0 Å². The number of primary amides is 1. The predicted molar refractivity (Wildman–Crippen MR) is 61.2 cm³/mol. The summed E-state index contributed by atoms with van der Waals surface area (Å²) in [5, 5.41) is 0. The molecular formula is C11H23N3O. The summed E-state index contributed by atoms with van der Waals surface area (Å²) in [4.78, 5) is 13.0. The molecule has 1 aliphatic rings. The quantitative estimate of drug-likeness (QED) is 0.706. The van der Waals surface area contributed by atoms with Gasteiger partial charge in [-0.3, -0.25) is 4.79 Å². The van der Waals surface area contributed by atoms with Gasteiger partial charge in [-0.15, -0.1) is 0 Å². The van der Waals surface area contributed by atoms with Crippen LogP contribution in [0.25, 0.3) is 0 Å². The van der Waals surface area contributed by atoms with Crippen LogP contribution in [0.2, 0.25) is 0 Å². The third kappa shape index (κ3) is 3.80. The topological polar surface area (TPSA) is 72.3 Å². The third-order valence-electron chi connectivity index (χ3n) is 3.46. The standard InChI is InChI=1S/C11H23N3O/c1-8-3-5-9(6-4-8)14(2)7-10(12)11(13)15/h8-10H,3-7,12H2,1-2H3,(H2,13,15). The highest BCUT2D eigenvalue weighted by atomic mass is 16.1. The van der Waals surface area contributed by atoms with E-state index in [0.29, 0.717) is 12.6 Å². The summed E-state index contributed by atoms with van der Waals surface area (Å²) in [5.41, 5.74) is 10.8. The number of likely N-dealkylation sites (N-methyl/N-ethyl adjacent to an activating group) is 1. The van der Waals surface area contributed by atoms with Crippen LogP contribution in [0.15, 0.2) is 0 Å². The van der Waals surface area contributed by atoms with Crippen molar-refractivity contribution in [3.63, 3.8) is 0 Å². The first kappa shape index (κ1) is 12.5. The van der Waals surface area contributed by atoms with E-state index in [1.165, 1.54) is 25.7 Å². The largest absolute Gasteiger partial charge is 0.368 e. The second kappa shape index (κ2) is 5.47. The second-order valence-electron chi connectivity index (χ2n) is 4.86. The van der Waals surface area contributed by atoms with Crippen LogP contribution in [0.3, 0.4) is 0 Å². The molecule has 1 rings (SSSR count). The molecule has 1 saturated carbocycles. The van der Waals surface area contributed by atoms with Crippen molar-refractivity contribution >= 4 is 5.91 Å². The molecule has 15 heavy (non-hydrogen) atoms. The van der Waals surface area contributed by atoms with Crippen molar-refractivity contribution in [3.8, 4) is 0 Å². The highest BCUT2D eigenvalue weighted by Gasteiger charge is 2.23. The van der Waals surface area contributed by atoms with Gasteiger partial charge in [-0.25, -0.2) is 0 Å². The monoisotopic (exact) mass is 213 g/mol. The molecule has 0 aromatic carbocycles. The lowest BCUT2D eigenvalue weighted by atomic mass is 9.86. The lowest BCUT2D eigenvalue weighted by Crippen LogP contribution is -2.48. The molecule has 0 aliphatic heterocycles. The highest BCUT2D eigenvalue weighted by molar-refractivity contribution is 5.79. The number of carbonyl (C=O) groups excluding carboxylic acids is 1. The Morgan fingerprint density at radius 1 is 1.40 bits per heavy atom. The lowest BCUT2D eigenvalue weighted by molar-refractivity contribution is -0.119. The van der Waals surface area contributed by atoms with E-state index in [9.17, 15) is 4.79 Å². The summed E-state index contributed by atoms with van der Waals surface area (Å²) in [6.07, 6.45) is 4.98. The number of rotatable bonds is 4. The van der Waals surface area contributed by atoms with Crippen molar-refractivity contribution in [2.45, 2.75) is 44.7 Å². The minimum atomic E-state index is -0.533. The fraction of sp³-hybridized carbons (Fsp3) is 0.909. The molecule has 0 aromatic rings. The van der Waals surface area contributed by atoms with Crippen LogP contribution in [0.1, 0.15) is 32.6 Å². The first-order chi connectivity index (χ1) is 7.00. The molecule has 4 nitrogen and oxygen atoms in total. The minimum Gasteiger partial charge on any atom is -0.368 e. The number of nitrogens with zero attached hydrogens (tertiary/aromatic N) is 1. The molecule has 1 amide bonds. The van der Waals surface area contributed by atoms with Gasteiger partial charge in [0, 0.05) is 12.6 Å². The first-order valence-corrected chi connectivity index (χ1v) is 5.76. The lowest BCUT2D eigenvalue weighted by Gasteiger charge is -2.34. The van der Waals surface area contributed by atoms with E-state index in [0.717, 1.165) is 5.92 Å². The highest BCUT2D eigenvalue weighted by Crippen LogP contribution is 2.26. The van der Waals surface area contributed by atoms with Gasteiger partial charge in [-0.05, 0) is 38.6 Å². The summed E-state index contributed by atoms with van der Waals surface area (Å²) in [7, 11) is 2.03. The molecule has 1 aliphatic carbocycles. The zero-order chi connectivity index (χ0) is 11.4. The van der Waals surface area contributed by atoms with Gasteiger partial charge in [0.1, 0.15) is 0 Å². The zero-order valence-corrected chi connectivity index (χ0v) is 9.78. The molecule has 1 fully saturated rings. The van der Waals surface area contributed by atoms with Gasteiger partial charge < -0.3 is 16.4 Å². The van der Waals surface area contributed by atoms with E-state index < -0.39 is 11.9 Å². The number of amides is 1. The van der Waals surface area contributed by atoms with Crippen LogP contribution < -0.4 is 11.5 Å². The molecule has 4 N–H and O–H groups in total.